The van der Waals surface area contributed by atoms with E-state index < -0.39 is 0 Å². The molecular formula is C15H21ClN2O2. The molecule has 1 fully saturated rings. The number of halogens is 1. The van der Waals surface area contributed by atoms with Gasteiger partial charge < -0.3 is 4.90 Å². The standard InChI is InChI=1S/C15H21ClN2O2/c1-17(20-2)15(19)11-12-7-9-18(10-8-12)14-5-3-13(16)4-6-14/h3-6,12H,7-11H2,1-2H3. The van der Waals surface area contributed by atoms with Gasteiger partial charge in [0.25, 0.3) is 0 Å². The number of carbonyl (C=O) groups is 1. The summed E-state index contributed by atoms with van der Waals surface area (Å²) >= 11 is 5.90. The van der Waals surface area contributed by atoms with Crippen LogP contribution in [-0.4, -0.2) is 38.2 Å². The van der Waals surface area contributed by atoms with Crippen molar-refractivity contribution in [2.24, 2.45) is 5.92 Å². The number of hydrogen-bond acceptors (Lipinski definition) is 3. The number of anilines is 1. The molecule has 1 aromatic rings. The molecule has 0 bridgehead atoms. The van der Waals surface area contributed by atoms with Crippen LogP contribution in [0.4, 0.5) is 5.69 Å². The van der Waals surface area contributed by atoms with Crippen molar-refractivity contribution in [2.45, 2.75) is 19.3 Å². The number of piperidine rings is 1. The van der Waals surface area contributed by atoms with Gasteiger partial charge in [-0.05, 0) is 43.0 Å². The van der Waals surface area contributed by atoms with E-state index in [0.29, 0.717) is 12.3 Å². The smallest absolute Gasteiger partial charge is 0.246 e. The Hall–Kier alpha value is -1.26. The molecule has 4 nitrogen and oxygen atoms in total. The van der Waals surface area contributed by atoms with Crippen molar-refractivity contribution in [1.29, 1.82) is 0 Å². The maximum Gasteiger partial charge on any atom is 0.246 e. The topological polar surface area (TPSA) is 32.8 Å². The Kier molecular flexibility index (Phi) is 5.26. The molecule has 0 aliphatic carbocycles. The Labute approximate surface area is 125 Å². The minimum atomic E-state index is 0.0532. The predicted molar refractivity (Wildman–Crippen MR) is 80.8 cm³/mol. The van der Waals surface area contributed by atoms with Gasteiger partial charge in [-0.15, -0.1) is 0 Å². The zero-order valence-corrected chi connectivity index (χ0v) is 12.8. The Bertz CT molecular complexity index is 442. The SMILES string of the molecule is CON(C)C(=O)CC1CCN(c2ccc(Cl)cc2)CC1. The summed E-state index contributed by atoms with van der Waals surface area (Å²) in [5.74, 6) is 0.501. The minimum absolute atomic E-state index is 0.0532. The van der Waals surface area contributed by atoms with E-state index in [-0.39, 0.29) is 5.91 Å². The second kappa shape index (κ2) is 6.95. The molecule has 1 saturated heterocycles. The number of benzene rings is 1. The van der Waals surface area contributed by atoms with Crippen molar-refractivity contribution < 1.29 is 9.63 Å². The van der Waals surface area contributed by atoms with Gasteiger partial charge in [0.1, 0.15) is 0 Å². The molecule has 2 rings (SSSR count). The molecule has 5 heteroatoms. The van der Waals surface area contributed by atoms with Gasteiger partial charge in [-0.3, -0.25) is 9.63 Å². The predicted octanol–water partition coefficient (Wildman–Crippen LogP) is 2.97. The molecule has 0 unspecified atom stereocenters. The molecule has 20 heavy (non-hydrogen) atoms. The zero-order valence-electron chi connectivity index (χ0n) is 12.0. The van der Waals surface area contributed by atoms with Gasteiger partial charge in [-0.25, -0.2) is 5.06 Å². The minimum Gasteiger partial charge on any atom is -0.372 e. The summed E-state index contributed by atoms with van der Waals surface area (Å²) in [7, 11) is 3.17. The Morgan fingerprint density at radius 2 is 1.95 bits per heavy atom. The first kappa shape index (κ1) is 15.1. The van der Waals surface area contributed by atoms with Crippen LogP contribution in [0.2, 0.25) is 5.02 Å². The summed E-state index contributed by atoms with van der Waals surface area (Å²) in [6.07, 6.45) is 2.64. The van der Waals surface area contributed by atoms with Crippen LogP contribution in [0, 0.1) is 5.92 Å². The van der Waals surface area contributed by atoms with E-state index in [1.54, 1.807) is 7.05 Å². The van der Waals surface area contributed by atoms with Crippen LogP contribution < -0.4 is 4.90 Å². The van der Waals surface area contributed by atoms with Crippen LogP contribution in [0.1, 0.15) is 19.3 Å². The maximum atomic E-state index is 11.8. The third-order valence-electron chi connectivity index (χ3n) is 3.89. The van der Waals surface area contributed by atoms with E-state index in [9.17, 15) is 4.79 Å². The van der Waals surface area contributed by atoms with Crippen molar-refractivity contribution in [3.8, 4) is 0 Å². The van der Waals surface area contributed by atoms with Crippen LogP contribution in [0.15, 0.2) is 24.3 Å². The molecule has 1 aromatic carbocycles. The van der Waals surface area contributed by atoms with Crippen LogP contribution in [0.25, 0.3) is 0 Å². The van der Waals surface area contributed by atoms with Gasteiger partial charge in [-0.2, -0.15) is 0 Å². The molecular weight excluding hydrogens is 276 g/mol. The number of rotatable bonds is 4. The summed E-state index contributed by atoms with van der Waals surface area (Å²) in [4.78, 5) is 19.1. The van der Waals surface area contributed by atoms with Crippen LogP contribution in [0.3, 0.4) is 0 Å². The Balaban J connectivity index is 1.83. The molecule has 0 aromatic heterocycles. The first-order valence-electron chi connectivity index (χ1n) is 6.91. The Morgan fingerprint density at radius 1 is 1.35 bits per heavy atom. The van der Waals surface area contributed by atoms with Crippen molar-refractivity contribution in [1.82, 2.24) is 5.06 Å². The summed E-state index contributed by atoms with van der Waals surface area (Å²) in [6.45, 7) is 1.96. The van der Waals surface area contributed by atoms with E-state index >= 15 is 0 Å². The Morgan fingerprint density at radius 3 is 2.50 bits per heavy atom. The maximum absolute atomic E-state index is 11.8. The first-order chi connectivity index (χ1) is 9.60. The van der Waals surface area contributed by atoms with Crippen LogP contribution in [-0.2, 0) is 9.63 Å². The van der Waals surface area contributed by atoms with Gasteiger partial charge in [0, 0.05) is 37.3 Å². The first-order valence-corrected chi connectivity index (χ1v) is 7.29. The van der Waals surface area contributed by atoms with Crippen molar-refractivity contribution in [3.63, 3.8) is 0 Å². The fourth-order valence-electron chi connectivity index (χ4n) is 2.52. The highest BCUT2D eigenvalue weighted by atomic mass is 35.5. The third kappa shape index (κ3) is 3.87. The highest BCUT2D eigenvalue weighted by molar-refractivity contribution is 6.30. The molecule has 1 aliphatic rings. The second-order valence-corrected chi connectivity index (χ2v) is 5.62. The average molecular weight is 297 g/mol. The number of nitrogens with zero attached hydrogens (tertiary/aromatic N) is 2. The van der Waals surface area contributed by atoms with Gasteiger partial charge >= 0.3 is 0 Å². The summed E-state index contributed by atoms with van der Waals surface area (Å²) in [5.41, 5.74) is 1.20. The largest absolute Gasteiger partial charge is 0.372 e. The lowest BCUT2D eigenvalue weighted by atomic mass is 9.93. The normalized spacial score (nSPS) is 16.2. The molecule has 0 N–H and O–H groups in total. The quantitative estimate of drug-likeness (QED) is 0.801. The lowest BCUT2D eigenvalue weighted by Crippen LogP contribution is -2.36. The van der Waals surface area contributed by atoms with Gasteiger partial charge in [-0.1, -0.05) is 11.6 Å². The molecule has 0 radical (unpaired) electrons. The number of amides is 1. The van der Waals surface area contributed by atoms with Crippen molar-refractivity contribution >= 4 is 23.2 Å². The molecule has 1 amide bonds. The highest BCUT2D eigenvalue weighted by Gasteiger charge is 2.23. The van der Waals surface area contributed by atoms with E-state index in [1.165, 1.54) is 17.9 Å². The van der Waals surface area contributed by atoms with E-state index in [4.69, 9.17) is 16.4 Å². The summed E-state index contributed by atoms with van der Waals surface area (Å²) < 4.78 is 0. The molecule has 1 heterocycles. The van der Waals surface area contributed by atoms with Gasteiger partial charge in [0.2, 0.25) is 5.91 Å². The highest BCUT2D eigenvalue weighted by Crippen LogP contribution is 2.26. The third-order valence-corrected chi connectivity index (χ3v) is 4.15. The van der Waals surface area contributed by atoms with E-state index in [2.05, 4.69) is 4.90 Å². The van der Waals surface area contributed by atoms with E-state index in [0.717, 1.165) is 31.0 Å². The van der Waals surface area contributed by atoms with Crippen LogP contribution in [0.5, 0.6) is 0 Å². The molecule has 110 valence electrons. The average Bonchev–Trinajstić information content (AvgIpc) is 2.48. The molecule has 0 spiro atoms. The summed E-state index contributed by atoms with van der Waals surface area (Å²) in [6, 6.07) is 7.93. The lowest BCUT2D eigenvalue weighted by molar-refractivity contribution is -0.169. The number of hydroxylamine groups is 2. The van der Waals surface area contributed by atoms with Crippen molar-refractivity contribution in [2.75, 3.05) is 32.1 Å². The summed E-state index contributed by atoms with van der Waals surface area (Å²) in [5, 5.41) is 2.07. The lowest BCUT2D eigenvalue weighted by Gasteiger charge is -2.33. The van der Waals surface area contributed by atoms with Crippen LogP contribution >= 0.6 is 11.6 Å². The van der Waals surface area contributed by atoms with Gasteiger partial charge in [0.05, 0.1) is 7.11 Å². The molecule has 1 aliphatic heterocycles. The zero-order chi connectivity index (χ0) is 14.5. The van der Waals surface area contributed by atoms with Gasteiger partial charge in [0.15, 0.2) is 0 Å². The number of carbonyl (C=O) groups excluding carboxylic acids is 1. The fourth-order valence-corrected chi connectivity index (χ4v) is 2.65. The molecule has 0 saturated carbocycles. The molecule has 0 atom stereocenters. The fraction of sp³-hybridized carbons (Fsp3) is 0.533. The monoisotopic (exact) mass is 296 g/mol. The second-order valence-electron chi connectivity index (χ2n) is 5.18. The van der Waals surface area contributed by atoms with E-state index in [1.807, 2.05) is 24.3 Å². The number of hydrogen-bond donors (Lipinski definition) is 0. The van der Waals surface area contributed by atoms with Crippen molar-refractivity contribution in [3.05, 3.63) is 29.3 Å².